The Kier molecular flexibility index (Phi) is 5.38. The van der Waals surface area contributed by atoms with Crippen LogP contribution in [-0.2, 0) is 6.54 Å². The molecule has 0 amide bonds. The molecule has 4 nitrogen and oxygen atoms in total. The summed E-state index contributed by atoms with van der Waals surface area (Å²) in [5, 5.41) is 0. The standard InChI is InChI=1S/C16H27N3O/c1-19(12-14-8-7-9-15(18-14)20-2)16(13-17)10-5-3-4-6-11-16/h7-9H,3-6,10-13,17H2,1-2H3. The summed E-state index contributed by atoms with van der Waals surface area (Å²) >= 11 is 0. The van der Waals surface area contributed by atoms with Crippen molar-refractivity contribution in [1.82, 2.24) is 9.88 Å². The number of hydrogen-bond donors (Lipinski definition) is 1. The van der Waals surface area contributed by atoms with E-state index < -0.39 is 0 Å². The van der Waals surface area contributed by atoms with E-state index in [9.17, 15) is 0 Å². The van der Waals surface area contributed by atoms with Gasteiger partial charge < -0.3 is 10.5 Å². The molecule has 0 spiro atoms. The molecule has 1 aliphatic rings. The van der Waals surface area contributed by atoms with Crippen LogP contribution in [0.15, 0.2) is 18.2 Å². The van der Waals surface area contributed by atoms with Crippen molar-refractivity contribution in [2.75, 3.05) is 20.7 Å². The molecule has 0 bridgehead atoms. The molecule has 2 N–H and O–H groups in total. The third kappa shape index (κ3) is 3.49. The van der Waals surface area contributed by atoms with Crippen molar-refractivity contribution in [2.45, 2.75) is 50.6 Å². The summed E-state index contributed by atoms with van der Waals surface area (Å²) < 4.78 is 5.20. The van der Waals surface area contributed by atoms with E-state index in [0.717, 1.165) is 18.8 Å². The number of pyridine rings is 1. The number of aromatic nitrogens is 1. The highest BCUT2D eigenvalue weighted by Gasteiger charge is 2.33. The van der Waals surface area contributed by atoms with E-state index in [1.807, 2.05) is 12.1 Å². The Morgan fingerprint density at radius 1 is 1.25 bits per heavy atom. The molecule has 4 heteroatoms. The van der Waals surface area contributed by atoms with Crippen LogP contribution in [0.3, 0.4) is 0 Å². The van der Waals surface area contributed by atoms with Crippen molar-refractivity contribution >= 4 is 0 Å². The third-order valence-corrected chi connectivity index (χ3v) is 4.61. The molecule has 0 radical (unpaired) electrons. The van der Waals surface area contributed by atoms with Crippen LogP contribution in [0.1, 0.15) is 44.2 Å². The average molecular weight is 277 g/mol. The molecule has 2 rings (SSSR count). The van der Waals surface area contributed by atoms with Crippen molar-refractivity contribution < 1.29 is 4.74 Å². The Morgan fingerprint density at radius 3 is 2.55 bits per heavy atom. The monoisotopic (exact) mass is 277 g/mol. The van der Waals surface area contributed by atoms with Crippen LogP contribution in [0.2, 0.25) is 0 Å². The fraction of sp³-hybridized carbons (Fsp3) is 0.688. The zero-order valence-corrected chi connectivity index (χ0v) is 12.8. The highest BCUT2D eigenvalue weighted by atomic mass is 16.5. The molecule has 112 valence electrons. The molecule has 0 aliphatic heterocycles. The number of nitrogens with two attached hydrogens (primary N) is 1. The van der Waals surface area contributed by atoms with Gasteiger partial charge in [-0.25, -0.2) is 4.98 Å². The minimum atomic E-state index is 0.140. The van der Waals surface area contributed by atoms with E-state index in [1.165, 1.54) is 38.5 Å². The van der Waals surface area contributed by atoms with Gasteiger partial charge in [0.2, 0.25) is 5.88 Å². The Hall–Kier alpha value is -1.13. The van der Waals surface area contributed by atoms with Crippen LogP contribution in [0.25, 0.3) is 0 Å². The van der Waals surface area contributed by atoms with E-state index in [1.54, 1.807) is 7.11 Å². The number of likely N-dealkylation sites (N-methyl/N-ethyl adjacent to an activating group) is 1. The molecule has 0 saturated heterocycles. The van der Waals surface area contributed by atoms with Gasteiger partial charge in [-0.05, 0) is 26.0 Å². The van der Waals surface area contributed by atoms with Crippen LogP contribution >= 0.6 is 0 Å². The van der Waals surface area contributed by atoms with Crippen molar-refractivity contribution in [3.8, 4) is 5.88 Å². The fourth-order valence-electron chi connectivity index (χ4n) is 3.20. The number of ether oxygens (including phenoxy) is 1. The molecule has 0 unspecified atom stereocenters. The number of hydrogen-bond acceptors (Lipinski definition) is 4. The normalized spacial score (nSPS) is 18.8. The summed E-state index contributed by atoms with van der Waals surface area (Å²) in [6, 6.07) is 5.94. The summed E-state index contributed by atoms with van der Waals surface area (Å²) in [7, 11) is 3.84. The van der Waals surface area contributed by atoms with Gasteiger partial charge in [-0.3, -0.25) is 4.90 Å². The highest BCUT2D eigenvalue weighted by Crippen LogP contribution is 2.31. The molecule has 1 aliphatic carbocycles. The maximum Gasteiger partial charge on any atom is 0.213 e. The van der Waals surface area contributed by atoms with Gasteiger partial charge in [-0.2, -0.15) is 0 Å². The Labute approximate surface area is 122 Å². The van der Waals surface area contributed by atoms with Crippen molar-refractivity contribution in [3.63, 3.8) is 0 Å². The van der Waals surface area contributed by atoms with E-state index in [2.05, 4.69) is 23.0 Å². The zero-order chi connectivity index (χ0) is 14.4. The second-order valence-electron chi connectivity index (χ2n) is 5.87. The summed E-state index contributed by atoms with van der Waals surface area (Å²) in [5.74, 6) is 0.679. The molecule has 0 aromatic carbocycles. The summed E-state index contributed by atoms with van der Waals surface area (Å²) in [4.78, 5) is 6.91. The number of nitrogens with zero attached hydrogens (tertiary/aromatic N) is 2. The van der Waals surface area contributed by atoms with E-state index >= 15 is 0 Å². The Balaban J connectivity index is 2.09. The fourth-order valence-corrected chi connectivity index (χ4v) is 3.20. The first-order valence-electron chi connectivity index (χ1n) is 7.61. The molecule has 1 heterocycles. The van der Waals surface area contributed by atoms with Crippen molar-refractivity contribution in [1.29, 1.82) is 0 Å². The van der Waals surface area contributed by atoms with Crippen LogP contribution in [0.5, 0.6) is 5.88 Å². The molecular formula is C16H27N3O. The van der Waals surface area contributed by atoms with Crippen LogP contribution < -0.4 is 10.5 Å². The van der Waals surface area contributed by atoms with Crippen LogP contribution in [-0.4, -0.2) is 36.1 Å². The minimum Gasteiger partial charge on any atom is -0.481 e. The van der Waals surface area contributed by atoms with Gasteiger partial charge in [-0.15, -0.1) is 0 Å². The molecule has 0 atom stereocenters. The average Bonchev–Trinajstić information content (AvgIpc) is 2.74. The summed E-state index contributed by atoms with van der Waals surface area (Å²) in [5.41, 5.74) is 7.32. The van der Waals surface area contributed by atoms with E-state index in [-0.39, 0.29) is 5.54 Å². The molecule has 20 heavy (non-hydrogen) atoms. The molecule has 1 fully saturated rings. The third-order valence-electron chi connectivity index (χ3n) is 4.61. The minimum absolute atomic E-state index is 0.140. The molecule has 1 aromatic heterocycles. The maximum absolute atomic E-state index is 6.13. The SMILES string of the molecule is COc1cccc(CN(C)C2(CN)CCCCCC2)n1. The van der Waals surface area contributed by atoms with Gasteiger partial charge in [0.25, 0.3) is 0 Å². The molecular weight excluding hydrogens is 250 g/mol. The maximum atomic E-state index is 6.13. The van der Waals surface area contributed by atoms with Gasteiger partial charge in [0, 0.05) is 24.7 Å². The second-order valence-corrected chi connectivity index (χ2v) is 5.87. The topological polar surface area (TPSA) is 51.4 Å². The van der Waals surface area contributed by atoms with Gasteiger partial charge in [0.1, 0.15) is 0 Å². The highest BCUT2D eigenvalue weighted by molar-refractivity contribution is 5.16. The lowest BCUT2D eigenvalue weighted by Gasteiger charge is -2.40. The van der Waals surface area contributed by atoms with E-state index in [4.69, 9.17) is 10.5 Å². The van der Waals surface area contributed by atoms with Gasteiger partial charge >= 0.3 is 0 Å². The van der Waals surface area contributed by atoms with Gasteiger partial charge in [0.15, 0.2) is 0 Å². The summed E-state index contributed by atoms with van der Waals surface area (Å²) in [6.45, 7) is 1.56. The van der Waals surface area contributed by atoms with E-state index in [0.29, 0.717) is 5.88 Å². The van der Waals surface area contributed by atoms with Crippen molar-refractivity contribution in [2.24, 2.45) is 5.73 Å². The van der Waals surface area contributed by atoms with Gasteiger partial charge in [-0.1, -0.05) is 31.7 Å². The van der Waals surface area contributed by atoms with Gasteiger partial charge in [0.05, 0.1) is 12.8 Å². The predicted octanol–water partition coefficient (Wildman–Crippen LogP) is 2.57. The lowest BCUT2D eigenvalue weighted by Crippen LogP contribution is -2.51. The van der Waals surface area contributed by atoms with Crippen molar-refractivity contribution in [3.05, 3.63) is 23.9 Å². The summed E-state index contributed by atoms with van der Waals surface area (Å²) in [6.07, 6.45) is 7.65. The van der Waals surface area contributed by atoms with Crippen LogP contribution in [0.4, 0.5) is 0 Å². The zero-order valence-electron chi connectivity index (χ0n) is 12.8. The Morgan fingerprint density at radius 2 is 1.95 bits per heavy atom. The lowest BCUT2D eigenvalue weighted by molar-refractivity contribution is 0.0982. The largest absolute Gasteiger partial charge is 0.481 e. The number of methoxy groups -OCH3 is 1. The Bertz CT molecular complexity index is 414. The predicted molar refractivity (Wildman–Crippen MR) is 81.7 cm³/mol. The first-order chi connectivity index (χ1) is 9.70. The lowest BCUT2D eigenvalue weighted by atomic mass is 9.88. The second kappa shape index (κ2) is 7.04. The molecule has 1 saturated carbocycles. The smallest absolute Gasteiger partial charge is 0.213 e. The quantitative estimate of drug-likeness (QED) is 0.840. The first-order valence-corrected chi connectivity index (χ1v) is 7.61. The first kappa shape index (κ1) is 15.3. The molecule has 1 aromatic rings. The van der Waals surface area contributed by atoms with Crippen LogP contribution in [0, 0.1) is 0 Å². The number of rotatable bonds is 5.